The van der Waals surface area contributed by atoms with Gasteiger partial charge in [-0.2, -0.15) is 0 Å². The summed E-state index contributed by atoms with van der Waals surface area (Å²) in [7, 11) is 0. The summed E-state index contributed by atoms with van der Waals surface area (Å²) in [5.41, 5.74) is 11.1. The summed E-state index contributed by atoms with van der Waals surface area (Å²) in [5.74, 6) is 0. The van der Waals surface area contributed by atoms with Gasteiger partial charge in [-0.1, -0.05) is 98.0 Å². The molecule has 0 saturated heterocycles. The number of benzene rings is 5. The van der Waals surface area contributed by atoms with E-state index in [2.05, 4.69) is 160 Å². The molecule has 1 heterocycles. The van der Waals surface area contributed by atoms with Crippen molar-refractivity contribution in [3.63, 3.8) is 0 Å². The minimum Gasteiger partial charge on any atom is -0.355 e. The van der Waals surface area contributed by atoms with Crippen molar-refractivity contribution in [2.45, 2.75) is 41.0 Å². The van der Waals surface area contributed by atoms with Gasteiger partial charge in [0, 0.05) is 45.2 Å². The lowest BCUT2D eigenvalue weighted by atomic mass is 9.94. The van der Waals surface area contributed by atoms with Gasteiger partial charge in [-0.3, -0.25) is 0 Å². The maximum absolute atomic E-state index is 8.65. The van der Waals surface area contributed by atoms with Crippen molar-refractivity contribution in [1.29, 1.82) is 5.41 Å². The molecule has 48 heavy (non-hydrogen) atoms. The van der Waals surface area contributed by atoms with Crippen LogP contribution < -0.4 is 5.32 Å². The molecule has 0 aliphatic carbocycles. The molecule has 6 aromatic rings. The normalized spacial score (nSPS) is 11.6. The Hall–Kier alpha value is -5.85. The van der Waals surface area contributed by atoms with Crippen molar-refractivity contribution < 1.29 is 0 Å². The molecule has 0 aliphatic rings. The van der Waals surface area contributed by atoms with Gasteiger partial charge in [0.25, 0.3) is 0 Å². The van der Waals surface area contributed by atoms with Gasteiger partial charge in [-0.25, -0.2) is 0 Å². The number of fused-ring (bicyclic) bond motifs is 4. The number of aromatic nitrogens is 1. The molecule has 240 valence electrons. The summed E-state index contributed by atoms with van der Waals surface area (Å²) in [6.45, 7) is 13.8. The molecule has 0 unspecified atom stereocenters. The first-order valence-electron chi connectivity index (χ1n) is 16.4. The standard InChI is InChI=1S/C40H37N3.C3H6.C2H2/c1-5-15-32-27(6-2)20-21-29-24-39-34(25-33(29)32)40-35(26-41)36(42-30-18-13-10-14-19-30)22-23-38(40)43(39)37(8-4)31(7-3)28-16-11-9-12-17-28;1-3-2;1-2/h5,7-26,41-42H,6H2,1-4H3;3H,1H2,2H3;1-2H/b15-5-,31-7-,37-8+,41-26?;;. The van der Waals surface area contributed by atoms with Gasteiger partial charge in [-0.05, 0) is 98.0 Å². The SMILES string of the molecule is C#C.C/C=C\c1c(CC)ccc2cc3c(cc12)c1c(C=N)c(Nc2ccccc2)ccc1n3C(=C/C)/C(=C\C)c1ccccc1.C=CC. The van der Waals surface area contributed by atoms with Crippen molar-refractivity contribution >= 4 is 67.5 Å². The average molecular weight is 628 g/mol. The molecular weight excluding hydrogens is 583 g/mol. The van der Waals surface area contributed by atoms with Gasteiger partial charge >= 0.3 is 0 Å². The minimum atomic E-state index is 0.876. The number of hydrogen-bond acceptors (Lipinski definition) is 2. The van der Waals surface area contributed by atoms with Crippen LogP contribution in [0.15, 0.2) is 128 Å². The van der Waals surface area contributed by atoms with Gasteiger partial charge in [-0.15, -0.1) is 19.4 Å². The summed E-state index contributed by atoms with van der Waals surface area (Å²) >= 11 is 0. The van der Waals surface area contributed by atoms with E-state index in [-0.39, 0.29) is 0 Å². The highest BCUT2D eigenvalue weighted by atomic mass is 15.0. The fourth-order valence-corrected chi connectivity index (χ4v) is 6.37. The number of nitrogens with zero attached hydrogens (tertiary/aromatic N) is 1. The van der Waals surface area contributed by atoms with E-state index < -0.39 is 0 Å². The molecule has 0 bridgehead atoms. The molecule has 0 amide bonds. The van der Waals surface area contributed by atoms with E-state index in [1.165, 1.54) is 39.3 Å². The summed E-state index contributed by atoms with van der Waals surface area (Å²) in [6, 6.07) is 34.3. The maximum Gasteiger partial charge on any atom is 0.0549 e. The second-order valence-corrected chi connectivity index (χ2v) is 11.1. The van der Waals surface area contributed by atoms with Crippen molar-refractivity contribution in [3.05, 3.63) is 150 Å². The van der Waals surface area contributed by atoms with Crippen LogP contribution in [0.3, 0.4) is 0 Å². The van der Waals surface area contributed by atoms with Crippen LogP contribution >= 0.6 is 0 Å². The van der Waals surface area contributed by atoms with Crippen LogP contribution in [0.2, 0.25) is 0 Å². The number of nitrogens with one attached hydrogen (secondary N) is 2. The number of terminal acetylenes is 1. The molecule has 6 rings (SSSR count). The highest BCUT2D eigenvalue weighted by molar-refractivity contribution is 6.23. The van der Waals surface area contributed by atoms with E-state index in [0.29, 0.717) is 0 Å². The van der Waals surface area contributed by atoms with Gasteiger partial charge in [0.05, 0.1) is 11.0 Å². The number of allylic oxidation sites excluding steroid dienone is 6. The lowest BCUT2D eigenvalue weighted by Crippen LogP contribution is -2.01. The van der Waals surface area contributed by atoms with E-state index in [0.717, 1.165) is 50.9 Å². The molecule has 0 fully saturated rings. The summed E-state index contributed by atoms with van der Waals surface area (Å²) in [5, 5.41) is 16.9. The van der Waals surface area contributed by atoms with Crippen molar-refractivity contribution in [2.24, 2.45) is 0 Å². The third-order valence-electron chi connectivity index (χ3n) is 8.32. The molecule has 0 atom stereocenters. The number of anilines is 2. The molecule has 3 nitrogen and oxygen atoms in total. The van der Waals surface area contributed by atoms with Gasteiger partial charge in [0.15, 0.2) is 0 Å². The quantitative estimate of drug-likeness (QED) is 0.0749. The Morgan fingerprint density at radius 1 is 0.792 bits per heavy atom. The fourth-order valence-electron chi connectivity index (χ4n) is 6.37. The van der Waals surface area contributed by atoms with Crippen LogP contribution in [0, 0.1) is 18.3 Å². The number of hydrogen-bond donors (Lipinski definition) is 2. The Morgan fingerprint density at radius 2 is 1.46 bits per heavy atom. The predicted molar refractivity (Wildman–Crippen MR) is 214 cm³/mol. The lowest BCUT2D eigenvalue weighted by molar-refractivity contribution is 1.14. The van der Waals surface area contributed by atoms with Crippen LogP contribution in [0.4, 0.5) is 11.4 Å². The van der Waals surface area contributed by atoms with Crippen molar-refractivity contribution in [2.75, 3.05) is 5.32 Å². The molecule has 3 heteroatoms. The van der Waals surface area contributed by atoms with E-state index in [1.807, 2.05) is 25.1 Å². The first-order valence-corrected chi connectivity index (χ1v) is 16.4. The third kappa shape index (κ3) is 6.80. The van der Waals surface area contributed by atoms with Gasteiger partial charge < -0.3 is 15.3 Å². The van der Waals surface area contributed by atoms with E-state index >= 15 is 0 Å². The van der Waals surface area contributed by atoms with Crippen LogP contribution in [0.25, 0.3) is 49.9 Å². The van der Waals surface area contributed by atoms with Crippen molar-refractivity contribution in [3.8, 4) is 12.8 Å². The molecule has 0 radical (unpaired) electrons. The number of rotatable bonds is 8. The largest absolute Gasteiger partial charge is 0.355 e. The smallest absolute Gasteiger partial charge is 0.0549 e. The second kappa shape index (κ2) is 16.6. The molecule has 1 aromatic heterocycles. The molecule has 5 aromatic carbocycles. The Balaban J connectivity index is 0.000000986. The highest BCUT2D eigenvalue weighted by Crippen LogP contribution is 2.42. The van der Waals surface area contributed by atoms with Crippen LogP contribution in [0.1, 0.15) is 56.9 Å². The Labute approximate surface area is 286 Å². The van der Waals surface area contributed by atoms with Crippen molar-refractivity contribution in [1.82, 2.24) is 4.57 Å². The summed E-state index contributed by atoms with van der Waals surface area (Å²) in [6.07, 6.45) is 21.0. The van der Waals surface area contributed by atoms with Crippen LogP contribution in [-0.2, 0) is 6.42 Å². The molecular formula is C45H45N3. The first kappa shape index (κ1) is 35.0. The zero-order valence-electron chi connectivity index (χ0n) is 28.7. The van der Waals surface area contributed by atoms with Gasteiger partial charge in [0.2, 0.25) is 0 Å². The van der Waals surface area contributed by atoms with Crippen LogP contribution in [0.5, 0.6) is 0 Å². The Kier molecular flexibility index (Phi) is 12.1. The monoisotopic (exact) mass is 627 g/mol. The molecule has 0 spiro atoms. The van der Waals surface area contributed by atoms with Crippen LogP contribution in [-0.4, -0.2) is 10.8 Å². The second-order valence-electron chi connectivity index (χ2n) is 11.1. The number of aryl methyl sites for hydroxylation is 1. The molecule has 2 N–H and O–H groups in total. The van der Waals surface area contributed by atoms with E-state index in [1.54, 1.807) is 6.08 Å². The van der Waals surface area contributed by atoms with E-state index in [4.69, 9.17) is 5.41 Å². The Bertz CT molecular complexity index is 2150. The average Bonchev–Trinajstić information content (AvgIpc) is 3.44. The topological polar surface area (TPSA) is 40.8 Å². The molecule has 0 aliphatic heterocycles. The highest BCUT2D eigenvalue weighted by Gasteiger charge is 2.21. The fraction of sp³-hybridized carbons (Fsp3) is 0.133. The third-order valence-corrected chi connectivity index (χ3v) is 8.32. The first-order chi connectivity index (χ1) is 23.5. The predicted octanol–water partition coefficient (Wildman–Crippen LogP) is 12.7. The van der Waals surface area contributed by atoms with Gasteiger partial charge in [0.1, 0.15) is 0 Å². The lowest BCUT2D eigenvalue weighted by Gasteiger charge is -2.17. The minimum absolute atomic E-state index is 0.876. The molecule has 0 saturated carbocycles. The maximum atomic E-state index is 8.65. The number of para-hydroxylation sites is 1. The summed E-state index contributed by atoms with van der Waals surface area (Å²) in [4.78, 5) is 0. The summed E-state index contributed by atoms with van der Waals surface area (Å²) < 4.78 is 2.38. The zero-order valence-corrected chi connectivity index (χ0v) is 28.7. The Morgan fingerprint density at radius 3 is 2.04 bits per heavy atom. The van der Waals surface area contributed by atoms with E-state index in [9.17, 15) is 0 Å². The zero-order chi connectivity index (χ0) is 34.6.